The third-order valence-electron chi connectivity index (χ3n) is 4.56. The summed E-state index contributed by atoms with van der Waals surface area (Å²) in [6.45, 7) is 13.2. The molecule has 0 aromatic heterocycles. The second-order valence-electron chi connectivity index (χ2n) is 7.02. The molecule has 0 bridgehead atoms. The molecule has 0 aromatic carbocycles. The maximum Gasteiger partial charge on any atom is 0.227 e. The van der Waals surface area contributed by atoms with Crippen molar-refractivity contribution in [2.24, 2.45) is 11.1 Å². The van der Waals surface area contributed by atoms with Crippen LogP contribution < -0.4 is 11.1 Å². The number of nitrogens with two attached hydrogens (primary N) is 1. The smallest absolute Gasteiger partial charge is 0.227 e. The van der Waals surface area contributed by atoms with E-state index in [-0.39, 0.29) is 11.4 Å². The summed E-state index contributed by atoms with van der Waals surface area (Å²) in [6, 6.07) is 0.309. The number of hydrogen-bond acceptors (Lipinski definition) is 3. The van der Waals surface area contributed by atoms with Crippen LogP contribution in [-0.4, -0.2) is 42.0 Å². The third kappa shape index (κ3) is 4.18. The molecule has 1 amide bonds. The minimum atomic E-state index is -0.416. The van der Waals surface area contributed by atoms with Crippen LogP contribution in [0.25, 0.3) is 0 Å². The van der Waals surface area contributed by atoms with Gasteiger partial charge in [0.05, 0.1) is 5.41 Å². The van der Waals surface area contributed by atoms with Crippen molar-refractivity contribution in [3.63, 3.8) is 0 Å². The lowest BCUT2D eigenvalue weighted by Crippen LogP contribution is -2.53. The number of hydrogen-bond donors (Lipinski definition) is 2. The number of carbonyl (C=O) groups excluding carboxylic acids is 1. The van der Waals surface area contributed by atoms with Gasteiger partial charge in [0, 0.05) is 31.2 Å². The van der Waals surface area contributed by atoms with Gasteiger partial charge in [0.1, 0.15) is 0 Å². The van der Waals surface area contributed by atoms with Gasteiger partial charge in [-0.3, -0.25) is 9.69 Å². The Labute approximate surface area is 118 Å². The fourth-order valence-electron chi connectivity index (χ4n) is 2.45. The quantitative estimate of drug-likeness (QED) is 0.817. The fourth-order valence-corrected chi connectivity index (χ4v) is 2.45. The number of likely N-dealkylation sites (tertiary alicyclic amines) is 1. The van der Waals surface area contributed by atoms with Crippen LogP contribution in [0.1, 0.15) is 53.9 Å². The lowest BCUT2D eigenvalue weighted by molar-refractivity contribution is -0.131. The predicted molar refractivity (Wildman–Crippen MR) is 79.9 cm³/mol. The Morgan fingerprint density at radius 2 is 1.79 bits per heavy atom. The van der Waals surface area contributed by atoms with E-state index in [0.29, 0.717) is 12.6 Å². The van der Waals surface area contributed by atoms with Gasteiger partial charge < -0.3 is 11.1 Å². The van der Waals surface area contributed by atoms with E-state index in [4.69, 9.17) is 5.73 Å². The van der Waals surface area contributed by atoms with Gasteiger partial charge >= 0.3 is 0 Å². The maximum atomic E-state index is 12.3. The van der Waals surface area contributed by atoms with E-state index in [1.807, 2.05) is 13.8 Å². The Kier molecular flexibility index (Phi) is 5.39. The standard InChI is InChI=1S/C15H31N3O/c1-6-15(5,11-16)13(19)17-12-7-9-18(10-8-12)14(2,3)4/h12H,6-11,16H2,1-5H3,(H,17,19). The number of amides is 1. The Morgan fingerprint density at radius 3 is 2.16 bits per heavy atom. The lowest BCUT2D eigenvalue weighted by Gasteiger charge is -2.41. The highest BCUT2D eigenvalue weighted by molar-refractivity contribution is 5.82. The molecule has 1 aliphatic rings. The van der Waals surface area contributed by atoms with Crippen LogP contribution in [0.3, 0.4) is 0 Å². The van der Waals surface area contributed by atoms with Gasteiger partial charge in [-0.2, -0.15) is 0 Å². The summed E-state index contributed by atoms with van der Waals surface area (Å²) in [5.74, 6) is 0.117. The van der Waals surface area contributed by atoms with Crippen LogP contribution in [-0.2, 0) is 4.79 Å². The Hall–Kier alpha value is -0.610. The van der Waals surface area contributed by atoms with Crippen LogP contribution >= 0.6 is 0 Å². The monoisotopic (exact) mass is 269 g/mol. The summed E-state index contributed by atoms with van der Waals surface area (Å²) in [5.41, 5.74) is 5.54. The molecule has 1 rings (SSSR count). The average molecular weight is 269 g/mol. The molecule has 19 heavy (non-hydrogen) atoms. The molecule has 4 nitrogen and oxygen atoms in total. The first kappa shape index (κ1) is 16.4. The molecule has 1 saturated heterocycles. The first-order valence-electron chi connectivity index (χ1n) is 7.49. The molecule has 0 spiro atoms. The molecule has 112 valence electrons. The largest absolute Gasteiger partial charge is 0.353 e. The molecule has 1 heterocycles. The van der Waals surface area contributed by atoms with E-state index in [2.05, 4.69) is 31.0 Å². The molecule has 3 N–H and O–H groups in total. The van der Waals surface area contributed by atoms with Gasteiger partial charge in [-0.25, -0.2) is 0 Å². The van der Waals surface area contributed by atoms with Gasteiger partial charge in [0.25, 0.3) is 0 Å². The zero-order chi connectivity index (χ0) is 14.7. The van der Waals surface area contributed by atoms with Crippen LogP contribution in [0.5, 0.6) is 0 Å². The highest BCUT2D eigenvalue weighted by Gasteiger charge is 2.33. The van der Waals surface area contributed by atoms with Crippen molar-refractivity contribution in [1.29, 1.82) is 0 Å². The highest BCUT2D eigenvalue weighted by Crippen LogP contribution is 2.23. The number of nitrogens with one attached hydrogen (secondary N) is 1. The topological polar surface area (TPSA) is 58.4 Å². The first-order valence-corrected chi connectivity index (χ1v) is 7.49. The second-order valence-corrected chi connectivity index (χ2v) is 7.02. The summed E-state index contributed by atoms with van der Waals surface area (Å²) < 4.78 is 0. The van der Waals surface area contributed by atoms with E-state index in [0.717, 1.165) is 32.4 Å². The van der Waals surface area contributed by atoms with Crippen molar-refractivity contribution in [2.45, 2.75) is 65.5 Å². The van der Waals surface area contributed by atoms with E-state index in [1.54, 1.807) is 0 Å². The van der Waals surface area contributed by atoms with Crippen molar-refractivity contribution in [3.05, 3.63) is 0 Å². The molecular weight excluding hydrogens is 238 g/mol. The number of rotatable bonds is 4. The molecule has 1 unspecified atom stereocenters. The fraction of sp³-hybridized carbons (Fsp3) is 0.933. The minimum absolute atomic E-state index is 0.117. The molecular formula is C15H31N3O. The van der Waals surface area contributed by atoms with Crippen molar-refractivity contribution in [2.75, 3.05) is 19.6 Å². The van der Waals surface area contributed by atoms with Gasteiger partial charge in [-0.15, -0.1) is 0 Å². The molecule has 1 atom stereocenters. The third-order valence-corrected chi connectivity index (χ3v) is 4.56. The summed E-state index contributed by atoms with van der Waals surface area (Å²) in [7, 11) is 0. The van der Waals surface area contributed by atoms with Gasteiger partial charge in [-0.1, -0.05) is 6.92 Å². The molecule has 0 aliphatic carbocycles. The predicted octanol–water partition coefficient (Wildman–Crippen LogP) is 1.74. The second kappa shape index (κ2) is 6.23. The minimum Gasteiger partial charge on any atom is -0.353 e. The van der Waals surface area contributed by atoms with Crippen molar-refractivity contribution in [1.82, 2.24) is 10.2 Å². The van der Waals surface area contributed by atoms with E-state index >= 15 is 0 Å². The van der Waals surface area contributed by atoms with Crippen LogP contribution in [0.15, 0.2) is 0 Å². The molecule has 4 heteroatoms. The number of carbonyl (C=O) groups is 1. The van der Waals surface area contributed by atoms with Crippen LogP contribution in [0, 0.1) is 5.41 Å². The van der Waals surface area contributed by atoms with Crippen LogP contribution in [0.2, 0.25) is 0 Å². The number of nitrogens with zero attached hydrogens (tertiary/aromatic N) is 1. The van der Waals surface area contributed by atoms with E-state index in [9.17, 15) is 4.79 Å². The lowest BCUT2D eigenvalue weighted by atomic mass is 9.86. The Bertz CT molecular complexity index is 297. The summed E-state index contributed by atoms with van der Waals surface area (Å²) in [6.07, 6.45) is 2.86. The maximum absolute atomic E-state index is 12.3. The normalized spacial score (nSPS) is 22.0. The van der Waals surface area contributed by atoms with Crippen molar-refractivity contribution in [3.8, 4) is 0 Å². The summed E-state index contributed by atoms with van der Waals surface area (Å²) in [5, 5.41) is 3.19. The summed E-state index contributed by atoms with van der Waals surface area (Å²) >= 11 is 0. The SMILES string of the molecule is CCC(C)(CN)C(=O)NC1CCN(C(C)(C)C)CC1. The van der Waals surface area contributed by atoms with Crippen molar-refractivity contribution < 1.29 is 4.79 Å². The van der Waals surface area contributed by atoms with Gasteiger partial charge in [0.2, 0.25) is 5.91 Å². The molecule has 1 fully saturated rings. The Balaban J connectivity index is 2.48. The van der Waals surface area contributed by atoms with E-state index < -0.39 is 5.41 Å². The Morgan fingerprint density at radius 1 is 1.26 bits per heavy atom. The van der Waals surface area contributed by atoms with Crippen molar-refractivity contribution >= 4 is 5.91 Å². The van der Waals surface area contributed by atoms with Gasteiger partial charge in [-0.05, 0) is 47.0 Å². The number of piperidine rings is 1. The van der Waals surface area contributed by atoms with Crippen LogP contribution in [0.4, 0.5) is 0 Å². The zero-order valence-corrected chi connectivity index (χ0v) is 13.3. The first-order chi connectivity index (χ1) is 8.73. The molecule has 0 aromatic rings. The zero-order valence-electron chi connectivity index (χ0n) is 13.3. The molecule has 1 aliphatic heterocycles. The average Bonchev–Trinajstić information content (AvgIpc) is 2.37. The summed E-state index contributed by atoms with van der Waals surface area (Å²) in [4.78, 5) is 14.8. The molecule has 0 radical (unpaired) electrons. The highest BCUT2D eigenvalue weighted by atomic mass is 16.2. The molecule has 0 saturated carbocycles. The van der Waals surface area contributed by atoms with Gasteiger partial charge in [0.15, 0.2) is 0 Å². The van der Waals surface area contributed by atoms with E-state index in [1.165, 1.54) is 0 Å².